The van der Waals surface area contributed by atoms with E-state index in [0.717, 1.165) is 41.9 Å². The quantitative estimate of drug-likeness (QED) is 0.225. The molecule has 0 atom stereocenters. The molecule has 1 N–H and O–H groups in total. The van der Waals surface area contributed by atoms with Crippen molar-refractivity contribution in [2.24, 2.45) is 0 Å². The maximum absolute atomic E-state index is 13.4. The number of nitrogens with zero attached hydrogens (tertiary/aromatic N) is 2. The molecule has 1 aliphatic heterocycles. The Labute approximate surface area is 220 Å². The summed E-state index contributed by atoms with van der Waals surface area (Å²) in [4.78, 5) is 27.4. The Morgan fingerprint density at radius 2 is 1.77 bits per heavy atom. The molecule has 2 amide bonds. The number of nitrogens with one attached hydrogen (secondary N) is 1. The number of hydrogen-bond acceptors (Lipinski definition) is 3. The van der Waals surface area contributed by atoms with Gasteiger partial charge in [0.05, 0.1) is 15.7 Å². The van der Waals surface area contributed by atoms with E-state index in [1.54, 1.807) is 24.3 Å². The lowest BCUT2D eigenvalue weighted by Crippen LogP contribution is -2.54. The van der Waals surface area contributed by atoms with Crippen LogP contribution in [0.25, 0.3) is 11.8 Å². The second-order valence-corrected chi connectivity index (χ2v) is 9.63. The molecule has 2 aromatic carbocycles. The van der Waals surface area contributed by atoms with E-state index in [4.69, 9.17) is 35.4 Å². The average molecular weight is 526 g/mol. The van der Waals surface area contributed by atoms with Gasteiger partial charge in [-0.15, -0.1) is 0 Å². The van der Waals surface area contributed by atoms with E-state index < -0.39 is 11.8 Å². The zero-order chi connectivity index (χ0) is 25.3. The molecule has 0 spiro atoms. The van der Waals surface area contributed by atoms with E-state index in [0.29, 0.717) is 5.69 Å². The van der Waals surface area contributed by atoms with Gasteiger partial charge in [0.1, 0.15) is 5.57 Å². The van der Waals surface area contributed by atoms with Gasteiger partial charge in [0, 0.05) is 17.1 Å². The Morgan fingerprint density at radius 1 is 1.06 bits per heavy atom. The molecule has 4 rings (SSSR count). The van der Waals surface area contributed by atoms with E-state index in [-0.39, 0.29) is 20.7 Å². The predicted octanol–water partition coefficient (Wildman–Crippen LogP) is 6.57. The number of benzene rings is 2. The van der Waals surface area contributed by atoms with Gasteiger partial charge in [-0.3, -0.25) is 19.8 Å². The van der Waals surface area contributed by atoms with Gasteiger partial charge < -0.3 is 4.57 Å². The first-order valence-corrected chi connectivity index (χ1v) is 12.5. The van der Waals surface area contributed by atoms with Crippen LogP contribution in [0.4, 0.5) is 5.69 Å². The number of anilines is 1. The van der Waals surface area contributed by atoms with Crippen molar-refractivity contribution in [3.05, 3.63) is 86.7 Å². The minimum absolute atomic E-state index is 0.0372. The maximum atomic E-state index is 13.4. The second-order valence-electron chi connectivity index (χ2n) is 8.46. The molecule has 1 saturated heterocycles. The smallest absolute Gasteiger partial charge is 0.270 e. The third-order valence-electron chi connectivity index (χ3n) is 6.06. The van der Waals surface area contributed by atoms with Crippen LogP contribution in [0, 0.1) is 13.8 Å². The summed E-state index contributed by atoms with van der Waals surface area (Å²) in [6, 6.07) is 15.4. The minimum Gasteiger partial charge on any atom is -0.318 e. The summed E-state index contributed by atoms with van der Waals surface area (Å²) in [6.07, 6.45) is 4.98. The highest BCUT2D eigenvalue weighted by Gasteiger charge is 2.36. The first kappa shape index (κ1) is 25.2. The lowest BCUT2D eigenvalue weighted by atomic mass is 10.1. The van der Waals surface area contributed by atoms with Crippen LogP contribution in [-0.4, -0.2) is 21.5 Å². The monoisotopic (exact) mass is 525 g/mol. The molecule has 1 aliphatic rings. The number of carbonyl (C=O) groups excluding carboxylic acids is 2. The Bertz CT molecular complexity index is 1360. The summed E-state index contributed by atoms with van der Waals surface area (Å²) in [5.74, 6) is -1.12. The van der Waals surface area contributed by atoms with Gasteiger partial charge in [-0.1, -0.05) is 54.7 Å². The number of aromatic nitrogens is 1. The SMILES string of the molecule is CCCCc1ccc(-n2c(C)cc(/C=C3\C(=O)NC(=S)N(c4cccc(Cl)c4Cl)C3=O)c2C)cc1. The van der Waals surface area contributed by atoms with E-state index in [1.807, 2.05) is 19.9 Å². The van der Waals surface area contributed by atoms with Crippen LogP contribution < -0.4 is 10.2 Å². The molecule has 1 fully saturated rings. The van der Waals surface area contributed by atoms with Crippen LogP contribution in [0.5, 0.6) is 0 Å². The Balaban J connectivity index is 1.71. The molecule has 0 saturated carbocycles. The van der Waals surface area contributed by atoms with Crippen molar-refractivity contribution in [1.82, 2.24) is 9.88 Å². The molecule has 0 unspecified atom stereocenters. The number of carbonyl (C=O) groups is 2. The zero-order valence-electron chi connectivity index (χ0n) is 19.7. The number of aryl methyl sites for hydroxylation is 2. The van der Waals surface area contributed by atoms with Gasteiger partial charge in [-0.25, -0.2) is 0 Å². The largest absolute Gasteiger partial charge is 0.318 e. The number of amides is 2. The highest BCUT2D eigenvalue weighted by Crippen LogP contribution is 2.34. The van der Waals surface area contributed by atoms with Crippen molar-refractivity contribution < 1.29 is 9.59 Å². The fourth-order valence-corrected chi connectivity index (χ4v) is 4.87. The fourth-order valence-electron chi connectivity index (χ4n) is 4.22. The first-order valence-electron chi connectivity index (χ1n) is 11.4. The van der Waals surface area contributed by atoms with Crippen molar-refractivity contribution in [3.63, 3.8) is 0 Å². The van der Waals surface area contributed by atoms with Crippen LogP contribution in [-0.2, 0) is 16.0 Å². The third-order valence-corrected chi connectivity index (χ3v) is 7.15. The van der Waals surface area contributed by atoms with Crippen LogP contribution in [0.1, 0.15) is 42.3 Å². The maximum Gasteiger partial charge on any atom is 0.270 e. The molecule has 0 bridgehead atoms. The second kappa shape index (κ2) is 10.4. The molecule has 8 heteroatoms. The number of rotatable bonds is 6. The summed E-state index contributed by atoms with van der Waals surface area (Å²) >= 11 is 17.8. The molecule has 0 aliphatic carbocycles. The standard InChI is InChI=1S/C27H25Cl2N3O2S/c1-4-5-7-18-10-12-20(13-11-18)31-16(2)14-19(17(31)3)15-21-25(33)30-27(35)32(26(21)34)23-9-6-8-22(28)24(23)29/h6,8-15H,4-5,7H2,1-3H3,(H,30,33,35)/b21-15+. The van der Waals surface area contributed by atoms with Gasteiger partial charge in [0.15, 0.2) is 5.11 Å². The van der Waals surface area contributed by atoms with Crippen LogP contribution in [0.2, 0.25) is 10.0 Å². The lowest BCUT2D eigenvalue weighted by Gasteiger charge is -2.29. The molecule has 1 aromatic heterocycles. The van der Waals surface area contributed by atoms with Gasteiger partial charge in [0.25, 0.3) is 11.8 Å². The van der Waals surface area contributed by atoms with Crippen molar-refractivity contribution >= 4 is 64.1 Å². The summed E-state index contributed by atoms with van der Waals surface area (Å²) < 4.78 is 2.11. The molecule has 180 valence electrons. The van der Waals surface area contributed by atoms with Crippen LogP contribution >= 0.6 is 35.4 Å². The molecular weight excluding hydrogens is 501 g/mol. The van der Waals surface area contributed by atoms with E-state index in [2.05, 4.69) is 41.1 Å². The normalized spacial score (nSPS) is 15.2. The van der Waals surface area contributed by atoms with Crippen LogP contribution in [0.3, 0.4) is 0 Å². The van der Waals surface area contributed by atoms with E-state index >= 15 is 0 Å². The fraction of sp³-hybridized carbons (Fsp3) is 0.222. The first-order chi connectivity index (χ1) is 16.7. The topological polar surface area (TPSA) is 54.3 Å². The Morgan fingerprint density at radius 3 is 2.46 bits per heavy atom. The summed E-state index contributed by atoms with van der Waals surface area (Å²) in [5.41, 5.74) is 5.28. The van der Waals surface area contributed by atoms with Crippen LogP contribution in [0.15, 0.2) is 54.1 Å². The Hall–Kier alpha value is -2.93. The number of halogens is 2. The average Bonchev–Trinajstić information content (AvgIpc) is 3.11. The molecule has 3 aromatic rings. The van der Waals surface area contributed by atoms with Crippen molar-refractivity contribution in [2.45, 2.75) is 40.0 Å². The van der Waals surface area contributed by atoms with Crippen molar-refractivity contribution in [2.75, 3.05) is 4.90 Å². The summed E-state index contributed by atoms with van der Waals surface area (Å²) in [5, 5.41) is 3.01. The molecule has 2 heterocycles. The van der Waals surface area contributed by atoms with Gasteiger partial charge in [0.2, 0.25) is 0 Å². The van der Waals surface area contributed by atoms with E-state index in [1.165, 1.54) is 10.5 Å². The highest BCUT2D eigenvalue weighted by atomic mass is 35.5. The van der Waals surface area contributed by atoms with E-state index in [9.17, 15) is 9.59 Å². The Kier molecular flexibility index (Phi) is 7.45. The number of hydrogen-bond donors (Lipinski definition) is 1. The van der Waals surface area contributed by atoms with Gasteiger partial charge in [-0.05, 0) is 86.4 Å². The van der Waals surface area contributed by atoms with Crippen molar-refractivity contribution in [3.8, 4) is 5.69 Å². The minimum atomic E-state index is -0.562. The molecular formula is C27H25Cl2N3O2S. The molecule has 5 nitrogen and oxygen atoms in total. The predicted molar refractivity (Wildman–Crippen MR) is 147 cm³/mol. The van der Waals surface area contributed by atoms with Gasteiger partial charge in [-0.2, -0.15) is 0 Å². The summed E-state index contributed by atoms with van der Waals surface area (Å²) in [7, 11) is 0. The molecule has 35 heavy (non-hydrogen) atoms. The van der Waals surface area contributed by atoms with Crippen molar-refractivity contribution in [1.29, 1.82) is 0 Å². The number of thiocarbonyl (C=S) groups is 1. The van der Waals surface area contributed by atoms with Gasteiger partial charge >= 0.3 is 0 Å². The number of unbranched alkanes of at least 4 members (excludes halogenated alkanes) is 1. The lowest BCUT2D eigenvalue weighted by molar-refractivity contribution is -0.122. The summed E-state index contributed by atoms with van der Waals surface area (Å²) in [6.45, 7) is 6.15. The third kappa shape index (κ3) is 4.92. The molecule has 0 radical (unpaired) electrons. The zero-order valence-corrected chi connectivity index (χ0v) is 22.0. The highest BCUT2D eigenvalue weighted by molar-refractivity contribution is 7.80.